The summed E-state index contributed by atoms with van der Waals surface area (Å²) in [5.74, 6) is 3.15. The highest BCUT2D eigenvalue weighted by molar-refractivity contribution is 5.85. The number of nitrogens with zero attached hydrogens (tertiary/aromatic N) is 3. The van der Waals surface area contributed by atoms with E-state index in [1.807, 2.05) is 12.1 Å². The van der Waals surface area contributed by atoms with Gasteiger partial charge in [-0.25, -0.2) is 0 Å². The maximum Gasteiger partial charge on any atom is 0.264 e. The Labute approximate surface area is 169 Å². The van der Waals surface area contributed by atoms with Crippen LogP contribution in [0.3, 0.4) is 0 Å². The number of furan rings is 1. The summed E-state index contributed by atoms with van der Waals surface area (Å²) in [7, 11) is 2.08. The molecule has 1 fully saturated rings. The lowest BCUT2D eigenvalue weighted by molar-refractivity contribution is 0.189. The molecular weight excluding hydrogens is 380 g/mol. The second kappa shape index (κ2) is 8.11. The van der Waals surface area contributed by atoms with Crippen molar-refractivity contribution in [1.29, 1.82) is 0 Å². The Morgan fingerprint density at radius 2 is 2.18 bits per heavy atom. The molecule has 1 unspecified atom stereocenters. The van der Waals surface area contributed by atoms with Crippen LogP contribution in [0.1, 0.15) is 41.9 Å². The van der Waals surface area contributed by atoms with Crippen LogP contribution in [-0.4, -0.2) is 41.7 Å². The number of rotatable bonds is 4. The zero-order chi connectivity index (χ0) is 18.2. The number of hydrogen-bond acceptors (Lipinski definition) is 7. The highest BCUT2D eigenvalue weighted by Gasteiger charge is 2.25. The molecule has 0 amide bonds. The molecule has 3 heterocycles. The van der Waals surface area contributed by atoms with Crippen LogP contribution in [-0.2, 0) is 19.4 Å². The third-order valence-corrected chi connectivity index (χ3v) is 5.58. The number of ether oxygens (including phenoxy) is 1. The third kappa shape index (κ3) is 3.62. The first-order valence-corrected chi connectivity index (χ1v) is 9.68. The van der Waals surface area contributed by atoms with Crippen LogP contribution in [0.2, 0.25) is 0 Å². The first kappa shape index (κ1) is 19.2. The number of aromatic nitrogens is 2. The molecular formula is C20H25ClN4O3. The van der Waals surface area contributed by atoms with Crippen LogP contribution in [0.15, 0.2) is 27.1 Å². The Morgan fingerprint density at radius 1 is 1.29 bits per heavy atom. The van der Waals surface area contributed by atoms with E-state index in [1.54, 1.807) is 0 Å². The SMILES string of the molecule is CN1CCNCC1c1noc(COc2ccc3oc4c(c3c2)CCCC4)n1.Cl. The van der Waals surface area contributed by atoms with Gasteiger partial charge >= 0.3 is 0 Å². The van der Waals surface area contributed by atoms with Crippen molar-refractivity contribution in [2.24, 2.45) is 0 Å². The first-order valence-electron chi connectivity index (χ1n) is 9.68. The quantitative estimate of drug-likeness (QED) is 0.715. The lowest BCUT2D eigenvalue weighted by atomic mass is 9.96. The molecule has 0 bridgehead atoms. The van der Waals surface area contributed by atoms with Crippen molar-refractivity contribution in [2.75, 3.05) is 26.7 Å². The molecule has 1 N–H and O–H groups in total. The van der Waals surface area contributed by atoms with Gasteiger partial charge in [-0.2, -0.15) is 4.98 Å². The summed E-state index contributed by atoms with van der Waals surface area (Å²) in [6.07, 6.45) is 4.56. The van der Waals surface area contributed by atoms with Gasteiger partial charge in [0, 0.05) is 37.0 Å². The van der Waals surface area contributed by atoms with Crippen molar-refractivity contribution in [3.63, 3.8) is 0 Å². The van der Waals surface area contributed by atoms with E-state index in [0.29, 0.717) is 11.7 Å². The first-order chi connectivity index (χ1) is 13.3. The van der Waals surface area contributed by atoms with Crippen LogP contribution in [0.5, 0.6) is 5.75 Å². The van der Waals surface area contributed by atoms with E-state index in [-0.39, 0.29) is 25.1 Å². The largest absolute Gasteiger partial charge is 0.484 e. The topological polar surface area (TPSA) is 76.6 Å². The summed E-state index contributed by atoms with van der Waals surface area (Å²) in [5, 5.41) is 8.68. The number of nitrogens with one attached hydrogen (secondary N) is 1. The molecule has 3 aromatic rings. The van der Waals surface area contributed by atoms with Crippen molar-refractivity contribution < 1.29 is 13.7 Å². The smallest absolute Gasteiger partial charge is 0.264 e. The van der Waals surface area contributed by atoms with Crippen LogP contribution in [0.25, 0.3) is 11.0 Å². The minimum atomic E-state index is 0. The molecule has 0 radical (unpaired) electrons. The Hall–Kier alpha value is -2.09. The number of hydrogen-bond donors (Lipinski definition) is 1. The molecule has 2 aliphatic rings. The summed E-state index contributed by atoms with van der Waals surface area (Å²) in [4.78, 5) is 6.76. The van der Waals surface area contributed by atoms with Gasteiger partial charge in [-0.1, -0.05) is 5.16 Å². The maximum atomic E-state index is 5.98. The summed E-state index contributed by atoms with van der Waals surface area (Å²) in [6, 6.07) is 6.14. The fourth-order valence-electron chi connectivity index (χ4n) is 4.03. The van der Waals surface area contributed by atoms with E-state index in [4.69, 9.17) is 13.7 Å². The third-order valence-electron chi connectivity index (χ3n) is 5.58. The number of fused-ring (bicyclic) bond motifs is 3. The predicted octanol–water partition coefficient (Wildman–Crippen LogP) is 3.27. The van der Waals surface area contributed by atoms with Gasteiger partial charge in [0.25, 0.3) is 5.89 Å². The van der Waals surface area contributed by atoms with Gasteiger partial charge in [-0.05, 0) is 44.5 Å². The highest BCUT2D eigenvalue weighted by atomic mass is 35.5. The zero-order valence-electron chi connectivity index (χ0n) is 15.9. The lowest BCUT2D eigenvalue weighted by Gasteiger charge is -2.30. The number of benzene rings is 1. The van der Waals surface area contributed by atoms with E-state index in [0.717, 1.165) is 49.6 Å². The van der Waals surface area contributed by atoms with E-state index < -0.39 is 0 Å². The molecule has 150 valence electrons. The van der Waals surface area contributed by atoms with Gasteiger partial charge < -0.3 is 19.0 Å². The van der Waals surface area contributed by atoms with Crippen molar-refractivity contribution in [2.45, 2.75) is 38.3 Å². The normalized spacial score (nSPS) is 20.0. The molecule has 28 heavy (non-hydrogen) atoms. The Morgan fingerprint density at radius 3 is 3.07 bits per heavy atom. The predicted molar refractivity (Wildman–Crippen MR) is 107 cm³/mol. The molecule has 1 aliphatic carbocycles. The van der Waals surface area contributed by atoms with Crippen molar-refractivity contribution in [3.8, 4) is 5.75 Å². The molecule has 1 saturated heterocycles. The highest BCUT2D eigenvalue weighted by Crippen LogP contribution is 2.34. The van der Waals surface area contributed by atoms with Gasteiger partial charge in [0.1, 0.15) is 17.1 Å². The lowest BCUT2D eigenvalue weighted by Crippen LogP contribution is -2.44. The Kier molecular flexibility index (Phi) is 5.57. The van der Waals surface area contributed by atoms with Crippen LogP contribution >= 0.6 is 12.4 Å². The van der Waals surface area contributed by atoms with Crippen LogP contribution in [0.4, 0.5) is 0 Å². The van der Waals surface area contributed by atoms with E-state index in [2.05, 4.69) is 33.5 Å². The molecule has 0 saturated carbocycles. The molecule has 5 rings (SSSR count). The summed E-state index contributed by atoms with van der Waals surface area (Å²) >= 11 is 0. The van der Waals surface area contributed by atoms with Gasteiger partial charge in [0.05, 0.1) is 6.04 Å². The van der Waals surface area contributed by atoms with E-state index in [1.165, 1.54) is 23.8 Å². The van der Waals surface area contributed by atoms with Crippen molar-refractivity contribution >= 4 is 23.4 Å². The average molecular weight is 405 g/mol. The number of aryl methyl sites for hydroxylation is 2. The van der Waals surface area contributed by atoms with Crippen molar-refractivity contribution in [1.82, 2.24) is 20.4 Å². The summed E-state index contributed by atoms with van der Waals surface area (Å²) in [5.41, 5.74) is 2.29. The Balaban J connectivity index is 0.00000192. The fourth-order valence-corrected chi connectivity index (χ4v) is 4.03. The van der Waals surface area contributed by atoms with Crippen molar-refractivity contribution in [3.05, 3.63) is 41.2 Å². The van der Waals surface area contributed by atoms with E-state index in [9.17, 15) is 0 Å². The summed E-state index contributed by atoms with van der Waals surface area (Å²) in [6.45, 7) is 3.06. The molecule has 2 aromatic heterocycles. The van der Waals surface area contributed by atoms with E-state index >= 15 is 0 Å². The minimum absolute atomic E-state index is 0. The number of piperazine rings is 1. The zero-order valence-corrected chi connectivity index (χ0v) is 16.8. The van der Waals surface area contributed by atoms with Gasteiger partial charge in [0.2, 0.25) is 0 Å². The molecule has 7 nitrogen and oxygen atoms in total. The molecule has 1 aromatic carbocycles. The van der Waals surface area contributed by atoms with Gasteiger partial charge in [0.15, 0.2) is 12.4 Å². The second-order valence-electron chi connectivity index (χ2n) is 7.40. The van der Waals surface area contributed by atoms with Gasteiger partial charge in [-0.3, -0.25) is 4.90 Å². The van der Waals surface area contributed by atoms with Crippen LogP contribution < -0.4 is 10.1 Å². The minimum Gasteiger partial charge on any atom is -0.484 e. The Bertz CT molecular complexity index is 954. The number of halogens is 1. The molecule has 0 spiro atoms. The monoisotopic (exact) mass is 404 g/mol. The molecule has 1 aliphatic heterocycles. The van der Waals surface area contributed by atoms with Crippen LogP contribution in [0, 0.1) is 0 Å². The average Bonchev–Trinajstić information content (AvgIpc) is 3.31. The summed E-state index contributed by atoms with van der Waals surface area (Å²) < 4.78 is 17.3. The maximum absolute atomic E-state index is 5.98. The second-order valence-corrected chi connectivity index (χ2v) is 7.40. The fraction of sp³-hybridized carbons (Fsp3) is 0.500. The number of likely N-dealkylation sites (N-methyl/N-ethyl adjacent to an activating group) is 1. The standard InChI is InChI=1S/C20H24N4O3.ClH/c1-24-9-8-21-11-16(24)20-22-19(27-23-20)12-25-13-6-7-18-15(10-13)14-4-2-3-5-17(14)26-18;/h6-7,10,16,21H,2-5,8-9,11-12H2,1H3;1H. The molecule has 8 heteroatoms. The van der Waals surface area contributed by atoms with Gasteiger partial charge in [-0.15, -0.1) is 12.4 Å². The molecule has 1 atom stereocenters.